The number of nitrogens with one attached hydrogen (secondary N) is 2. The molecule has 0 aromatic heterocycles. The number of nitro benzene ring substituents is 1. The second kappa shape index (κ2) is 24.1. The Morgan fingerprint density at radius 2 is 1.34 bits per heavy atom. The number of sulfonamides is 1. The lowest BCUT2D eigenvalue weighted by Crippen LogP contribution is -2.12. The molecule has 6 rings (SSSR count). The Hall–Kier alpha value is -7.08. The predicted octanol–water partition coefficient (Wildman–Crippen LogP) is 7.88. The van der Waals surface area contributed by atoms with Gasteiger partial charge in [0, 0.05) is 11.8 Å². The van der Waals surface area contributed by atoms with E-state index < -0.39 is 106 Å². The smallest absolute Gasteiger partial charge is 0.296 e. The zero-order chi connectivity index (χ0) is 53.9. The van der Waals surface area contributed by atoms with Gasteiger partial charge in [0.05, 0.1) is 66.5 Å². The van der Waals surface area contributed by atoms with Crippen molar-refractivity contribution in [2.75, 3.05) is 34.3 Å². The Balaban J connectivity index is 0.000000660. The summed E-state index contributed by atoms with van der Waals surface area (Å²) in [6, 6.07) is 19.2. The summed E-state index contributed by atoms with van der Waals surface area (Å²) in [7, 11) is -18.7. The van der Waals surface area contributed by atoms with Gasteiger partial charge < -0.3 is 22.3 Å². The summed E-state index contributed by atoms with van der Waals surface area (Å²) in [6.07, 6.45) is 0. The highest BCUT2D eigenvalue weighted by Crippen LogP contribution is 2.49. The molecule has 0 unspecified atom stereocenters. The molecule has 0 saturated heterocycles. The van der Waals surface area contributed by atoms with E-state index in [1.165, 1.54) is 42.5 Å². The highest BCUT2D eigenvalue weighted by Gasteiger charge is 2.27. The first-order valence-corrected chi connectivity index (χ1v) is 26.3. The zero-order valence-electron chi connectivity index (χ0n) is 35.9. The van der Waals surface area contributed by atoms with Gasteiger partial charge in [-0.3, -0.25) is 28.1 Å². The van der Waals surface area contributed by atoms with Crippen LogP contribution in [0.25, 0.3) is 10.8 Å². The fourth-order valence-corrected chi connectivity index (χ4v) is 10.2. The van der Waals surface area contributed by atoms with Gasteiger partial charge in [0.15, 0.2) is 27.9 Å². The number of azo groups is 2. The third kappa shape index (κ3) is 14.5. The first kappa shape index (κ1) is 56.8. The topological polar surface area (TPSA) is 503 Å². The molecule has 0 radical (unpaired) electrons. The first-order valence-electron chi connectivity index (χ1n) is 18.9. The highest BCUT2D eigenvalue weighted by atomic mass is 32.2. The Kier molecular flexibility index (Phi) is 18.8. The summed E-state index contributed by atoms with van der Waals surface area (Å²) in [5.74, 6) is -1.75. The van der Waals surface area contributed by atoms with Crippen LogP contribution in [0.15, 0.2) is 147 Å². The molecule has 388 valence electrons. The number of anilines is 4. The van der Waals surface area contributed by atoms with Crippen molar-refractivity contribution < 1.29 is 86.2 Å². The molecule has 0 aliphatic rings. The van der Waals surface area contributed by atoms with Crippen molar-refractivity contribution in [2.45, 2.75) is 24.5 Å². The molecule has 31 nitrogen and oxygen atoms in total. The minimum atomic E-state index is -5.21. The number of nitro groups is 1. The molecule has 0 aliphatic carbocycles. The van der Waals surface area contributed by atoms with Gasteiger partial charge in [-0.05, 0) is 78.2 Å². The van der Waals surface area contributed by atoms with Crippen molar-refractivity contribution in [1.29, 1.82) is 5.53 Å². The number of para-hydroxylation sites is 1. The molecule has 73 heavy (non-hydrogen) atoms. The summed E-state index contributed by atoms with van der Waals surface area (Å²) in [4.78, 5) is 6.65. The van der Waals surface area contributed by atoms with E-state index >= 15 is 0 Å². The van der Waals surface area contributed by atoms with Crippen LogP contribution in [-0.2, 0) is 63.0 Å². The number of aromatic hydroxyl groups is 1. The van der Waals surface area contributed by atoms with E-state index in [0.29, 0.717) is 11.8 Å². The molecule has 0 amide bonds. The van der Waals surface area contributed by atoms with Gasteiger partial charge in [0.25, 0.3) is 35.9 Å². The van der Waals surface area contributed by atoms with Crippen LogP contribution in [0.4, 0.5) is 56.9 Å². The average Bonchev–Trinajstić information content (AvgIpc) is 3.32. The van der Waals surface area contributed by atoms with Crippen LogP contribution in [0, 0.1) is 15.6 Å². The number of nitrogens with two attached hydrogens (primary N) is 3. The normalized spacial score (nSPS) is 12.2. The van der Waals surface area contributed by atoms with E-state index in [-0.39, 0.29) is 68.0 Å². The van der Waals surface area contributed by atoms with E-state index in [2.05, 4.69) is 49.0 Å². The summed E-state index contributed by atoms with van der Waals surface area (Å²) in [5, 5.41) is 63.3. The van der Waals surface area contributed by atoms with Crippen molar-refractivity contribution >= 4 is 132 Å². The largest absolute Gasteiger partial charge is 0.505 e. The van der Waals surface area contributed by atoms with Gasteiger partial charge in [-0.15, -0.1) is 24.0 Å². The van der Waals surface area contributed by atoms with Crippen LogP contribution < -0.4 is 21.9 Å². The van der Waals surface area contributed by atoms with Crippen molar-refractivity contribution in [3.63, 3.8) is 0 Å². The molecule has 0 fully saturated rings. The minimum Gasteiger partial charge on any atom is -0.505 e. The molecule has 6 aromatic carbocycles. The summed E-state index contributed by atoms with van der Waals surface area (Å²) in [5.41, 5.74) is 21.3. The average molecular weight is 1130 g/mol. The maximum absolute atomic E-state index is 12.8. The van der Waals surface area contributed by atoms with Crippen LogP contribution >= 0.6 is 24.4 Å². The molecule has 0 bridgehead atoms. The third-order valence-corrected chi connectivity index (χ3v) is 14.9. The maximum Gasteiger partial charge on any atom is 0.296 e. The van der Waals surface area contributed by atoms with Gasteiger partial charge in [-0.25, -0.2) is 32.9 Å². The van der Waals surface area contributed by atoms with Crippen molar-refractivity contribution in [3.8, 4) is 5.75 Å². The molecule has 0 spiro atoms. The Bertz CT molecular complexity index is 3580. The molecule has 0 aliphatic heterocycles. The van der Waals surface area contributed by atoms with Crippen LogP contribution in [0.1, 0.15) is 0 Å². The fraction of sp³-hybridized carbons (Fsp3) is 0.0556. The van der Waals surface area contributed by atoms with Gasteiger partial charge in [0.1, 0.15) is 38.2 Å². The number of benzene rings is 6. The fourth-order valence-electron chi connectivity index (χ4n) is 5.82. The van der Waals surface area contributed by atoms with Gasteiger partial charge in [0.2, 0.25) is 0 Å². The van der Waals surface area contributed by atoms with Crippen LogP contribution in [0.2, 0.25) is 0 Å². The van der Waals surface area contributed by atoms with E-state index in [1.807, 2.05) is 0 Å². The number of hydrogen-bond acceptors (Lipinski definition) is 29. The third-order valence-electron chi connectivity index (χ3n) is 9.05. The number of nitrogens with zero attached hydrogens (tertiary/aromatic N) is 6. The zero-order valence-corrected chi connectivity index (χ0v) is 40.8. The molecule has 0 heterocycles. The predicted molar refractivity (Wildman–Crippen MR) is 256 cm³/mol. The molecule has 0 saturated carbocycles. The Morgan fingerprint density at radius 1 is 0.712 bits per heavy atom. The number of phenolic OH excluding ortho intramolecular Hbond substituents is 1. The number of fused-ring (bicyclic) bond motifs is 1. The highest BCUT2D eigenvalue weighted by molar-refractivity contribution is 7.94. The van der Waals surface area contributed by atoms with Gasteiger partial charge in [-0.2, -0.15) is 27.1 Å². The number of rotatable bonds is 21. The number of phenols is 1. The summed E-state index contributed by atoms with van der Waals surface area (Å²) < 4.78 is 137. The number of hydrogen-bond donors (Lipinski definition) is 10. The monoisotopic (exact) mass is 1130 g/mol. The maximum atomic E-state index is 12.8. The van der Waals surface area contributed by atoms with Crippen LogP contribution in [0.3, 0.4) is 0 Å². The van der Waals surface area contributed by atoms with Gasteiger partial charge in [-0.1, -0.05) is 28.3 Å². The lowest BCUT2D eigenvalue weighted by Gasteiger charge is -2.14. The molecular weight excluding hydrogens is 1100 g/mol. The van der Waals surface area contributed by atoms with E-state index in [9.17, 15) is 58.0 Å². The second-order valence-corrected chi connectivity index (χ2v) is 21.5. The van der Waals surface area contributed by atoms with E-state index in [4.69, 9.17) is 37.4 Å². The van der Waals surface area contributed by atoms with Crippen molar-refractivity contribution in [2.24, 2.45) is 25.6 Å². The quantitative estimate of drug-likeness (QED) is 0.00478. The molecular formula is C36H33N11O20S6. The minimum absolute atomic E-state index is 0.0325. The van der Waals surface area contributed by atoms with Crippen molar-refractivity contribution in [1.82, 2.24) is 0 Å². The Labute approximate surface area is 419 Å². The molecule has 0 atom stereocenters. The lowest BCUT2D eigenvalue weighted by atomic mass is 10.1. The van der Waals surface area contributed by atoms with Gasteiger partial charge >= 0.3 is 0 Å². The Morgan fingerprint density at radius 3 is 1.95 bits per heavy atom. The number of sulfone groups is 1. The lowest BCUT2D eigenvalue weighted by molar-refractivity contribution is -0.434. The first-order chi connectivity index (χ1) is 34.3. The summed E-state index contributed by atoms with van der Waals surface area (Å²) >= 11 is 0.286. The van der Waals surface area contributed by atoms with Crippen LogP contribution in [0.5, 0.6) is 5.75 Å². The number of nitrogen functional groups attached to an aromatic ring is 3. The second-order valence-electron chi connectivity index (χ2n) is 13.7. The van der Waals surface area contributed by atoms with E-state index in [0.717, 1.165) is 30.3 Å². The molecule has 13 N–H and O–H groups in total. The summed E-state index contributed by atoms with van der Waals surface area (Å²) in [6.45, 7) is -0.533. The molecule has 6 aromatic rings. The van der Waals surface area contributed by atoms with Crippen molar-refractivity contribution in [3.05, 3.63) is 107 Å². The molecule has 37 heteroatoms. The van der Waals surface area contributed by atoms with E-state index in [1.54, 1.807) is 18.2 Å². The standard InChI is InChI=1S/C30H26N6O18S6.C6H7N5O2/c31-27-26-17(15-25(60(47,48)49)29(30(26)37)35-32-18-6-8-20(9-7-18)58(42,43)36-19-4-2-1-3-5-19)14-23(55-53-51-38)28(27)34-33-22-11-10-21(16-24(22)59(44,45)46)57(40,41)13-12-50-56-54-52-39;7-3-1-4(8)6(11(12)13)2-5(3)10-9/h1-11,14-16,36-39H,12-13,31H2,(H,44,45,46)(H,47,48,49);1-2,9H,7-8H2. The SMILES string of the molecule is N=Nc1cc([N+](=O)[O-])c(N)cc1N.Nc1c(N=Nc2ccc(S(=O)(=O)CCOSOOO)cc2S(=O)(=O)O)c(SOOO)cc2cc(S(=O)(=O)O)c(N=Nc3ccc(S(=O)(=O)Nc4ccccc4)cc3)c(O)c12. The van der Waals surface area contributed by atoms with Crippen LogP contribution in [-0.4, -0.2) is 75.7 Å².